The minimum Gasteiger partial charge on any atom is -0.346 e. The van der Waals surface area contributed by atoms with Crippen molar-refractivity contribution >= 4 is 34.9 Å². The van der Waals surface area contributed by atoms with Crippen molar-refractivity contribution in [3.05, 3.63) is 172 Å². The number of nitrogens with one attached hydrogen (secondary N) is 1. The maximum Gasteiger partial charge on any atom is 0.201 e. The van der Waals surface area contributed by atoms with Crippen molar-refractivity contribution in [3.8, 4) is 0 Å². The number of nitrogens with zero attached hydrogens (tertiary/aromatic N) is 3. The lowest BCUT2D eigenvalue weighted by Crippen LogP contribution is -2.31. The summed E-state index contributed by atoms with van der Waals surface area (Å²) >= 11 is 0. The van der Waals surface area contributed by atoms with Crippen molar-refractivity contribution in [2.45, 2.75) is 31.5 Å². The van der Waals surface area contributed by atoms with E-state index in [2.05, 4.69) is 154 Å². The molecule has 4 nitrogen and oxygen atoms in total. The molecule has 5 aromatic rings. The van der Waals surface area contributed by atoms with E-state index in [4.69, 9.17) is 4.99 Å². The summed E-state index contributed by atoms with van der Waals surface area (Å²) in [5.74, 6) is 0.316. The Kier molecular flexibility index (Phi) is 5.80. The molecule has 4 heteroatoms. The molecule has 2 unspecified atom stereocenters. The summed E-state index contributed by atoms with van der Waals surface area (Å²) in [6.45, 7) is 0. The number of aliphatic imine (C=N–C) groups is 1. The summed E-state index contributed by atoms with van der Waals surface area (Å²) in [5, 5.41) is 3.86. The SMILES string of the molecule is C1=Cc2c3c(n(C4N=C(c5ccccc5)C=C(c5ccccc5)N4)c2CC1)C=C1C(C3)c2ccccc2N1c1ccccc1. The molecule has 212 valence electrons. The molecule has 0 radical (unpaired) electrons. The average Bonchev–Trinajstić information content (AvgIpc) is 3.60. The van der Waals surface area contributed by atoms with Gasteiger partial charge in [0, 0.05) is 34.4 Å². The van der Waals surface area contributed by atoms with Crippen molar-refractivity contribution in [3.63, 3.8) is 0 Å². The zero-order chi connectivity index (χ0) is 29.0. The number of para-hydroxylation sites is 2. The highest BCUT2D eigenvalue weighted by atomic mass is 15.3. The van der Waals surface area contributed by atoms with Crippen LogP contribution in [0.15, 0.2) is 138 Å². The second-order valence-electron chi connectivity index (χ2n) is 11.9. The Bertz CT molecular complexity index is 2010. The van der Waals surface area contributed by atoms with Crippen LogP contribution >= 0.6 is 0 Å². The van der Waals surface area contributed by atoms with Crippen LogP contribution < -0.4 is 10.2 Å². The van der Waals surface area contributed by atoms with Crippen molar-refractivity contribution < 1.29 is 0 Å². The van der Waals surface area contributed by atoms with Gasteiger partial charge in [-0.05, 0) is 77.4 Å². The lowest BCUT2D eigenvalue weighted by Gasteiger charge is -2.30. The van der Waals surface area contributed by atoms with Gasteiger partial charge in [0.25, 0.3) is 0 Å². The van der Waals surface area contributed by atoms with Crippen LogP contribution in [-0.4, -0.2) is 10.3 Å². The molecule has 4 aromatic carbocycles. The summed E-state index contributed by atoms with van der Waals surface area (Å²) < 4.78 is 2.50. The van der Waals surface area contributed by atoms with Crippen LogP contribution in [0.1, 0.15) is 57.8 Å². The molecular weight excluding hydrogens is 536 g/mol. The first-order valence-corrected chi connectivity index (χ1v) is 15.6. The van der Waals surface area contributed by atoms with Gasteiger partial charge in [0.05, 0.1) is 11.4 Å². The molecule has 4 aliphatic rings. The molecule has 1 N–H and O–H groups in total. The molecule has 44 heavy (non-hydrogen) atoms. The number of hydrogen-bond acceptors (Lipinski definition) is 3. The summed E-state index contributed by atoms with van der Waals surface area (Å²) in [5.41, 5.74) is 15.1. The fraction of sp³-hybridized carbons (Fsp3) is 0.125. The van der Waals surface area contributed by atoms with Crippen molar-refractivity contribution in [2.24, 2.45) is 4.99 Å². The van der Waals surface area contributed by atoms with Gasteiger partial charge in [-0.1, -0.05) is 109 Å². The van der Waals surface area contributed by atoms with Crippen molar-refractivity contribution in [1.29, 1.82) is 0 Å². The number of aromatic nitrogens is 1. The molecule has 1 aromatic heterocycles. The van der Waals surface area contributed by atoms with Crippen LogP contribution in [0.25, 0.3) is 17.8 Å². The topological polar surface area (TPSA) is 32.6 Å². The number of hydrogen-bond donors (Lipinski definition) is 1. The second-order valence-corrected chi connectivity index (χ2v) is 11.9. The molecular formula is C40H32N4. The molecule has 0 amide bonds. The number of rotatable bonds is 4. The lowest BCUT2D eigenvalue weighted by atomic mass is 9.84. The average molecular weight is 569 g/mol. The Morgan fingerprint density at radius 1 is 0.727 bits per heavy atom. The molecule has 0 saturated heterocycles. The number of allylic oxidation sites excluding steroid dienone is 3. The van der Waals surface area contributed by atoms with Crippen LogP contribution in [0.5, 0.6) is 0 Å². The Morgan fingerprint density at radius 3 is 2.23 bits per heavy atom. The largest absolute Gasteiger partial charge is 0.346 e. The van der Waals surface area contributed by atoms with Crippen LogP contribution in [0.3, 0.4) is 0 Å². The number of fused-ring (bicyclic) bond motifs is 6. The van der Waals surface area contributed by atoms with Gasteiger partial charge in [-0.3, -0.25) is 0 Å². The number of anilines is 2. The van der Waals surface area contributed by atoms with E-state index in [1.54, 1.807) is 0 Å². The van der Waals surface area contributed by atoms with Gasteiger partial charge in [0.15, 0.2) is 0 Å². The number of benzene rings is 4. The quantitative estimate of drug-likeness (QED) is 0.235. The van der Waals surface area contributed by atoms with E-state index >= 15 is 0 Å². The highest BCUT2D eigenvalue weighted by Gasteiger charge is 2.40. The summed E-state index contributed by atoms with van der Waals surface area (Å²) in [6, 6.07) is 40.9. The smallest absolute Gasteiger partial charge is 0.201 e. The van der Waals surface area contributed by atoms with Gasteiger partial charge in [0.1, 0.15) is 0 Å². The Hall–Kier alpha value is -5.35. The predicted molar refractivity (Wildman–Crippen MR) is 181 cm³/mol. The predicted octanol–water partition coefficient (Wildman–Crippen LogP) is 8.87. The molecule has 9 rings (SSSR count). The highest BCUT2D eigenvalue weighted by molar-refractivity contribution is 6.12. The zero-order valence-corrected chi connectivity index (χ0v) is 24.4. The first-order chi connectivity index (χ1) is 21.8. The van der Waals surface area contributed by atoms with Gasteiger partial charge < -0.3 is 14.8 Å². The van der Waals surface area contributed by atoms with Crippen LogP contribution in [-0.2, 0) is 12.8 Å². The van der Waals surface area contributed by atoms with Gasteiger partial charge in [-0.15, -0.1) is 0 Å². The molecule has 2 aliphatic heterocycles. The Morgan fingerprint density at radius 2 is 1.43 bits per heavy atom. The molecule has 2 atom stereocenters. The molecule has 3 heterocycles. The highest BCUT2D eigenvalue weighted by Crippen LogP contribution is 2.53. The Balaban J connectivity index is 1.24. The van der Waals surface area contributed by atoms with Crippen LogP contribution in [0, 0.1) is 0 Å². The zero-order valence-electron chi connectivity index (χ0n) is 24.4. The third kappa shape index (κ3) is 3.95. The van der Waals surface area contributed by atoms with Crippen molar-refractivity contribution in [1.82, 2.24) is 9.88 Å². The molecule has 0 spiro atoms. The van der Waals surface area contributed by atoms with Crippen LogP contribution in [0.4, 0.5) is 11.4 Å². The molecule has 2 aliphatic carbocycles. The van der Waals surface area contributed by atoms with Crippen LogP contribution in [0.2, 0.25) is 0 Å². The van der Waals surface area contributed by atoms with E-state index in [9.17, 15) is 0 Å². The fourth-order valence-corrected chi connectivity index (χ4v) is 7.48. The van der Waals surface area contributed by atoms with E-state index in [1.807, 2.05) is 0 Å². The summed E-state index contributed by atoms with van der Waals surface area (Å²) in [4.78, 5) is 7.88. The lowest BCUT2D eigenvalue weighted by molar-refractivity contribution is 0.462. The van der Waals surface area contributed by atoms with E-state index in [1.165, 1.54) is 45.2 Å². The molecule has 0 fully saturated rings. The second kappa shape index (κ2) is 10.1. The van der Waals surface area contributed by atoms with Gasteiger partial charge >= 0.3 is 0 Å². The minimum atomic E-state index is -0.267. The van der Waals surface area contributed by atoms with E-state index in [0.717, 1.165) is 41.8 Å². The normalized spacial score (nSPS) is 19.5. The van der Waals surface area contributed by atoms with E-state index in [0.29, 0.717) is 5.92 Å². The standard InChI is InChI=1S/C40H32N4/c1-4-14-27(15-5-1)34-25-35(28-16-6-2-7-17-28)42-40(41-34)44-37-23-13-11-21-31(37)33-24-32-30-20-10-12-22-36(30)43(38(32)26-39(33)44)29-18-8-3-9-19-29/h1-12,14-22,25-26,32,40-41H,13,23-24H2. The Labute approximate surface area is 258 Å². The van der Waals surface area contributed by atoms with E-state index in [-0.39, 0.29) is 6.29 Å². The monoisotopic (exact) mass is 568 g/mol. The van der Waals surface area contributed by atoms with Crippen molar-refractivity contribution in [2.75, 3.05) is 4.90 Å². The maximum absolute atomic E-state index is 5.41. The fourth-order valence-electron chi connectivity index (χ4n) is 7.48. The maximum atomic E-state index is 5.41. The van der Waals surface area contributed by atoms with Gasteiger partial charge in [-0.2, -0.15) is 0 Å². The van der Waals surface area contributed by atoms with Gasteiger partial charge in [0.2, 0.25) is 6.29 Å². The first-order valence-electron chi connectivity index (χ1n) is 15.6. The summed E-state index contributed by atoms with van der Waals surface area (Å²) in [7, 11) is 0. The first kappa shape index (κ1) is 25.2. The van der Waals surface area contributed by atoms with Gasteiger partial charge in [-0.25, -0.2) is 4.99 Å². The summed E-state index contributed by atoms with van der Waals surface area (Å²) in [6.07, 6.45) is 12.1. The molecule has 0 saturated carbocycles. The third-order valence-electron chi connectivity index (χ3n) is 9.43. The van der Waals surface area contributed by atoms with E-state index < -0.39 is 0 Å². The minimum absolute atomic E-state index is 0.267. The molecule has 0 bridgehead atoms. The third-order valence-corrected chi connectivity index (χ3v) is 9.43.